The summed E-state index contributed by atoms with van der Waals surface area (Å²) in [5.74, 6) is 0.0306. The van der Waals surface area contributed by atoms with E-state index in [1.165, 1.54) is 4.90 Å². The van der Waals surface area contributed by atoms with E-state index in [0.29, 0.717) is 6.54 Å². The normalized spacial score (nSPS) is 29.9. The Hall–Kier alpha value is -1.85. The maximum atomic E-state index is 12.7. The molecule has 6 heteroatoms. The minimum Gasteiger partial charge on any atom is -0.336 e. The van der Waals surface area contributed by atoms with Gasteiger partial charge in [0.2, 0.25) is 11.8 Å². The lowest BCUT2D eigenvalue weighted by Gasteiger charge is -2.38. The van der Waals surface area contributed by atoms with Crippen molar-refractivity contribution in [3.05, 3.63) is 12.2 Å². The average molecular weight is 347 g/mol. The van der Waals surface area contributed by atoms with Gasteiger partial charge in [0.25, 0.3) is 0 Å². The Kier molecular flexibility index (Phi) is 5.45. The van der Waals surface area contributed by atoms with Gasteiger partial charge in [-0.25, -0.2) is 4.79 Å². The molecule has 1 N–H and O–H groups in total. The van der Waals surface area contributed by atoms with Gasteiger partial charge >= 0.3 is 6.03 Å². The van der Waals surface area contributed by atoms with Crippen molar-refractivity contribution in [1.29, 1.82) is 0 Å². The van der Waals surface area contributed by atoms with Gasteiger partial charge in [-0.1, -0.05) is 26.0 Å². The zero-order valence-electron chi connectivity index (χ0n) is 15.2. The SMILES string of the molecule is CCCN(CCC)C(=O)NCCN1C(=O)[C@@H]2[C@@H](C1=O)[C@H]1C=C[C@H]2CC1. The summed E-state index contributed by atoms with van der Waals surface area (Å²) in [6.07, 6.45) is 8.09. The smallest absolute Gasteiger partial charge is 0.317 e. The number of hydrogen-bond acceptors (Lipinski definition) is 3. The number of amides is 4. The van der Waals surface area contributed by atoms with Crippen molar-refractivity contribution in [2.45, 2.75) is 39.5 Å². The maximum absolute atomic E-state index is 12.7. The molecule has 4 atom stereocenters. The van der Waals surface area contributed by atoms with Crippen LogP contribution >= 0.6 is 0 Å². The molecule has 3 aliphatic carbocycles. The molecule has 4 amide bonds. The number of likely N-dealkylation sites (tertiary alicyclic amines) is 1. The van der Waals surface area contributed by atoms with Crippen molar-refractivity contribution in [1.82, 2.24) is 15.1 Å². The second kappa shape index (κ2) is 7.58. The lowest BCUT2D eigenvalue weighted by molar-refractivity contribution is -0.140. The Balaban J connectivity index is 1.55. The van der Waals surface area contributed by atoms with Gasteiger partial charge in [0.15, 0.2) is 0 Å². The third kappa shape index (κ3) is 3.31. The standard InChI is InChI=1S/C19H29N3O3/c1-3-10-21(11-4-2)19(25)20-9-12-22-17(23)15-13-5-6-14(8-7-13)16(15)18(22)24/h5-6,13-16H,3-4,7-12H2,1-2H3,(H,20,25)/t13-,14-,15-,16-/m0/s1. The molecule has 1 saturated heterocycles. The number of nitrogens with one attached hydrogen (secondary N) is 1. The molecule has 4 rings (SSSR count). The summed E-state index contributed by atoms with van der Waals surface area (Å²) in [6.45, 7) is 6.13. The van der Waals surface area contributed by atoms with Crippen LogP contribution in [0.4, 0.5) is 4.79 Å². The average Bonchev–Trinajstić information content (AvgIpc) is 2.89. The molecule has 0 aromatic rings. The van der Waals surface area contributed by atoms with E-state index in [4.69, 9.17) is 0 Å². The molecule has 1 saturated carbocycles. The molecule has 0 aromatic heterocycles. The van der Waals surface area contributed by atoms with Crippen molar-refractivity contribution in [3.63, 3.8) is 0 Å². The second-order valence-electron chi connectivity index (χ2n) is 7.39. The van der Waals surface area contributed by atoms with Crippen LogP contribution in [-0.4, -0.2) is 53.8 Å². The first-order valence-corrected chi connectivity index (χ1v) is 9.64. The van der Waals surface area contributed by atoms with Gasteiger partial charge in [0, 0.05) is 26.2 Å². The number of allylic oxidation sites excluding steroid dienone is 2. The molecule has 6 nitrogen and oxygen atoms in total. The Morgan fingerprint density at radius 3 is 2.04 bits per heavy atom. The number of rotatable bonds is 7. The van der Waals surface area contributed by atoms with Crippen LogP contribution in [-0.2, 0) is 9.59 Å². The van der Waals surface area contributed by atoms with Gasteiger partial charge in [-0.05, 0) is 37.5 Å². The fraction of sp³-hybridized carbons (Fsp3) is 0.737. The summed E-state index contributed by atoms with van der Waals surface area (Å²) < 4.78 is 0. The van der Waals surface area contributed by atoms with E-state index in [1.54, 1.807) is 4.90 Å². The second-order valence-corrected chi connectivity index (χ2v) is 7.39. The molecule has 1 heterocycles. The van der Waals surface area contributed by atoms with E-state index in [-0.39, 0.29) is 48.1 Å². The lowest BCUT2D eigenvalue weighted by Crippen LogP contribution is -2.45. The molecular weight excluding hydrogens is 318 g/mol. The monoisotopic (exact) mass is 347 g/mol. The van der Waals surface area contributed by atoms with Crippen LogP contribution in [0.3, 0.4) is 0 Å². The molecule has 0 radical (unpaired) electrons. The molecule has 0 unspecified atom stereocenters. The highest BCUT2D eigenvalue weighted by Gasteiger charge is 2.56. The van der Waals surface area contributed by atoms with E-state index >= 15 is 0 Å². The van der Waals surface area contributed by atoms with Crippen molar-refractivity contribution in [3.8, 4) is 0 Å². The summed E-state index contributed by atoms with van der Waals surface area (Å²) in [5, 5.41) is 2.87. The van der Waals surface area contributed by atoms with Crippen LogP contribution in [0.15, 0.2) is 12.2 Å². The third-order valence-electron chi connectivity index (χ3n) is 5.74. The number of fused-ring (bicyclic) bond motifs is 1. The summed E-state index contributed by atoms with van der Waals surface area (Å²) >= 11 is 0. The Morgan fingerprint density at radius 1 is 1.08 bits per heavy atom. The Bertz CT molecular complexity index is 536. The van der Waals surface area contributed by atoms with Crippen LogP contribution in [0, 0.1) is 23.7 Å². The van der Waals surface area contributed by atoms with Crippen LogP contribution in [0.25, 0.3) is 0 Å². The molecule has 2 bridgehead atoms. The minimum absolute atomic E-state index is 0.0396. The topological polar surface area (TPSA) is 69.7 Å². The van der Waals surface area contributed by atoms with E-state index in [0.717, 1.165) is 38.8 Å². The Morgan fingerprint density at radius 2 is 1.60 bits per heavy atom. The fourth-order valence-corrected chi connectivity index (χ4v) is 4.60. The number of hydrogen-bond donors (Lipinski definition) is 1. The minimum atomic E-state index is -0.163. The van der Waals surface area contributed by atoms with Gasteiger partial charge in [0.1, 0.15) is 0 Å². The van der Waals surface area contributed by atoms with Crippen LogP contribution in [0.2, 0.25) is 0 Å². The van der Waals surface area contributed by atoms with Gasteiger partial charge in [-0.3, -0.25) is 14.5 Å². The van der Waals surface area contributed by atoms with Crippen molar-refractivity contribution >= 4 is 17.8 Å². The molecule has 138 valence electrons. The number of imide groups is 1. The van der Waals surface area contributed by atoms with Gasteiger partial charge in [0.05, 0.1) is 11.8 Å². The molecule has 25 heavy (non-hydrogen) atoms. The van der Waals surface area contributed by atoms with Crippen LogP contribution in [0.1, 0.15) is 39.5 Å². The predicted molar refractivity (Wildman–Crippen MR) is 94.6 cm³/mol. The quantitative estimate of drug-likeness (QED) is 0.566. The predicted octanol–water partition coefficient (Wildman–Crippen LogP) is 2.02. The van der Waals surface area contributed by atoms with E-state index in [1.807, 2.05) is 13.8 Å². The van der Waals surface area contributed by atoms with E-state index in [9.17, 15) is 14.4 Å². The van der Waals surface area contributed by atoms with E-state index < -0.39 is 0 Å². The molecule has 0 spiro atoms. The highest BCUT2D eigenvalue weighted by Crippen LogP contribution is 2.49. The van der Waals surface area contributed by atoms with Crippen LogP contribution in [0.5, 0.6) is 0 Å². The number of carbonyl (C=O) groups excluding carboxylic acids is 3. The molecule has 0 aromatic carbocycles. The number of nitrogens with zero attached hydrogens (tertiary/aromatic N) is 2. The zero-order chi connectivity index (χ0) is 18.0. The van der Waals surface area contributed by atoms with Gasteiger partial charge < -0.3 is 10.2 Å². The van der Waals surface area contributed by atoms with Gasteiger partial charge in [-0.15, -0.1) is 0 Å². The third-order valence-corrected chi connectivity index (χ3v) is 5.74. The summed E-state index contributed by atoms with van der Waals surface area (Å²) in [6, 6.07) is -0.109. The highest BCUT2D eigenvalue weighted by molar-refractivity contribution is 6.06. The largest absolute Gasteiger partial charge is 0.336 e. The molecular formula is C19H29N3O3. The first-order chi connectivity index (χ1) is 12.1. The first-order valence-electron chi connectivity index (χ1n) is 9.64. The Labute approximate surface area is 149 Å². The molecule has 1 aliphatic heterocycles. The summed E-state index contributed by atoms with van der Waals surface area (Å²) in [7, 11) is 0. The maximum Gasteiger partial charge on any atom is 0.317 e. The summed E-state index contributed by atoms with van der Waals surface area (Å²) in [5.41, 5.74) is 0. The lowest BCUT2D eigenvalue weighted by atomic mass is 9.63. The van der Waals surface area contributed by atoms with Crippen LogP contribution < -0.4 is 5.32 Å². The summed E-state index contributed by atoms with van der Waals surface area (Å²) in [4.78, 5) is 40.8. The van der Waals surface area contributed by atoms with Crippen molar-refractivity contribution < 1.29 is 14.4 Å². The molecule has 2 fully saturated rings. The molecule has 4 aliphatic rings. The van der Waals surface area contributed by atoms with Gasteiger partial charge in [-0.2, -0.15) is 0 Å². The van der Waals surface area contributed by atoms with E-state index in [2.05, 4.69) is 17.5 Å². The fourth-order valence-electron chi connectivity index (χ4n) is 4.60. The van der Waals surface area contributed by atoms with Crippen molar-refractivity contribution in [2.24, 2.45) is 23.7 Å². The number of urea groups is 1. The first kappa shape index (κ1) is 18.0. The van der Waals surface area contributed by atoms with Crippen molar-refractivity contribution in [2.75, 3.05) is 26.2 Å². The highest BCUT2D eigenvalue weighted by atomic mass is 16.2. The zero-order valence-corrected chi connectivity index (χ0v) is 15.2. The number of carbonyl (C=O) groups is 3.